The highest BCUT2D eigenvalue weighted by molar-refractivity contribution is 5.69. The van der Waals surface area contributed by atoms with Crippen molar-refractivity contribution in [1.82, 2.24) is 0 Å². The molecule has 3 heteroatoms. The highest BCUT2D eigenvalue weighted by atomic mass is 19.1. The Morgan fingerprint density at radius 2 is 1.96 bits per heavy atom. The molecule has 0 radical (unpaired) electrons. The van der Waals surface area contributed by atoms with Crippen molar-refractivity contribution < 1.29 is 14.3 Å². The van der Waals surface area contributed by atoms with Gasteiger partial charge in [-0.25, -0.2) is 4.39 Å². The van der Waals surface area contributed by atoms with Crippen molar-refractivity contribution in [3.8, 4) is 0 Å². The Hall–Kier alpha value is -2.16. The van der Waals surface area contributed by atoms with Gasteiger partial charge in [0.15, 0.2) is 0 Å². The number of aryl methyl sites for hydroxylation is 1. The third-order valence-corrected chi connectivity index (χ3v) is 4.12. The number of carboxylic acids is 1. The molecule has 0 aliphatic rings. The van der Waals surface area contributed by atoms with Crippen LogP contribution in [0, 0.1) is 12.7 Å². The summed E-state index contributed by atoms with van der Waals surface area (Å²) in [6.45, 7) is 9.78. The van der Waals surface area contributed by atoms with E-state index in [9.17, 15) is 14.3 Å². The number of rotatable bonds is 7. The predicted octanol–water partition coefficient (Wildman–Crippen LogP) is 5.94. The number of benzene rings is 1. The largest absolute Gasteiger partial charge is 0.481 e. The average Bonchev–Trinajstić information content (AvgIpc) is 2.52. The fourth-order valence-corrected chi connectivity index (χ4v) is 2.67. The molecule has 0 aromatic heterocycles. The second-order valence-corrected chi connectivity index (χ2v) is 6.18. The van der Waals surface area contributed by atoms with Crippen LogP contribution in [0.2, 0.25) is 0 Å². The van der Waals surface area contributed by atoms with E-state index < -0.39 is 5.97 Å². The van der Waals surface area contributed by atoms with Gasteiger partial charge < -0.3 is 5.11 Å². The van der Waals surface area contributed by atoms with Crippen LogP contribution in [0.3, 0.4) is 0 Å². The van der Waals surface area contributed by atoms with Crippen molar-refractivity contribution in [2.75, 3.05) is 0 Å². The van der Waals surface area contributed by atoms with Gasteiger partial charge in [-0.3, -0.25) is 4.79 Å². The van der Waals surface area contributed by atoms with Gasteiger partial charge in [-0.15, -0.1) is 0 Å². The Labute approximate surface area is 144 Å². The molecule has 130 valence electrons. The molecule has 0 saturated carbocycles. The van der Waals surface area contributed by atoms with E-state index in [0.717, 1.165) is 23.1 Å². The summed E-state index contributed by atoms with van der Waals surface area (Å²) < 4.78 is 13.5. The first-order valence-electron chi connectivity index (χ1n) is 8.28. The lowest BCUT2D eigenvalue weighted by atomic mass is 9.86. The molecule has 1 atom stereocenters. The molecule has 0 unspecified atom stereocenters. The van der Waals surface area contributed by atoms with Crippen LogP contribution in [0.4, 0.5) is 4.39 Å². The van der Waals surface area contributed by atoms with Crippen molar-refractivity contribution >= 4 is 5.97 Å². The number of halogens is 1. The molecule has 1 aromatic carbocycles. The molecular formula is C21H27FO2. The summed E-state index contributed by atoms with van der Waals surface area (Å²) in [4.78, 5) is 11.3. The maximum atomic E-state index is 13.5. The third kappa shape index (κ3) is 5.80. The van der Waals surface area contributed by atoms with E-state index in [4.69, 9.17) is 0 Å². The van der Waals surface area contributed by atoms with Crippen LogP contribution in [0.1, 0.15) is 57.6 Å². The van der Waals surface area contributed by atoms with E-state index in [1.165, 1.54) is 11.6 Å². The van der Waals surface area contributed by atoms with Crippen LogP contribution >= 0.6 is 0 Å². The van der Waals surface area contributed by atoms with E-state index in [2.05, 4.69) is 19.9 Å². The number of aliphatic carboxylic acids is 1. The van der Waals surface area contributed by atoms with E-state index in [1.54, 1.807) is 19.1 Å². The zero-order valence-electron chi connectivity index (χ0n) is 15.2. The molecule has 1 aromatic rings. The monoisotopic (exact) mass is 330 g/mol. The van der Waals surface area contributed by atoms with Crippen molar-refractivity contribution in [1.29, 1.82) is 0 Å². The molecule has 0 aliphatic heterocycles. The first-order valence-corrected chi connectivity index (χ1v) is 8.28. The van der Waals surface area contributed by atoms with Crippen LogP contribution in [0.15, 0.2) is 53.1 Å². The fraction of sp³-hybridized carbons (Fsp3) is 0.381. The van der Waals surface area contributed by atoms with Gasteiger partial charge in [-0.1, -0.05) is 48.4 Å². The molecule has 24 heavy (non-hydrogen) atoms. The minimum absolute atomic E-state index is 0.0228. The Bertz CT molecular complexity index is 681. The average molecular weight is 330 g/mol. The molecule has 0 spiro atoms. The van der Waals surface area contributed by atoms with Gasteiger partial charge in [-0.2, -0.15) is 0 Å². The number of hydrogen-bond donors (Lipinski definition) is 1. The van der Waals surface area contributed by atoms with E-state index in [-0.39, 0.29) is 18.2 Å². The number of carbonyl (C=O) groups is 1. The van der Waals surface area contributed by atoms with E-state index >= 15 is 0 Å². The third-order valence-electron chi connectivity index (χ3n) is 4.12. The smallest absolute Gasteiger partial charge is 0.304 e. The quantitative estimate of drug-likeness (QED) is 0.628. The molecular weight excluding hydrogens is 303 g/mol. The van der Waals surface area contributed by atoms with Crippen molar-refractivity contribution in [3.05, 3.63) is 70.1 Å². The highest BCUT2D eigenvalue weighted by Crippen LogP contribution is 2.31. The maximum absolute atomic E-state index is 13.5. The van der Waals surface area contributed by atoms with E-state index in [0.29, 0.717) is 5.56 Å². The van der Waals surface area contributed by atoms with Crippen LogP contribution in [-0.4, -0.2) is 11.1 Å². The summed E-state index contributed by atoms with van der Waals surface area (Å²) in [5.41, 5.74) is 4.63. The molecule has 1 N–H and O–H groups in total. The van der Waals surface area contributed by atoms with Crippen LogP contribution in [0.25, 0.3) is 0 Å². The lowest BCUT2D eigenvalue weighted by molar-refractivity contribution is -0.137. The standard InChI is InChI=1S/C21H27FO2/c1-6-14(3)10-15(4)11-17(7-2)19(13-21(23)24)18-8-9-20(22)16(5)12-18/h7-12,19H,6,13H2,1-5H3,(H,23,24)/b14-10?,15-11-,17-7+/t19-/m1/s1. The topological polar surface area (TPSA) is 37.3 Å². The number of hydrogen-bond acceptors (Lipinski definition) is 1. The normalized spacial score (nSPS) is 14.7. The fourth-order valence-electron chi connectivity index (χ4n) is 2.67. The van der Waals surface area contributed by atoms with E-state index in [1.807, 2.05) is 26.0 Å². The molecule has 0 fully saturated rings. The molecule has 0 heterocycles. The Kier molecular flexibility index (Phi) is 7.63. The second-order valence-electron chi connectivity index (χ2n) is 6.18. The number of carboxylic acid groups (broad SMARTS) is 1. The van der Waals surface area contributed by atoms with Gasteiger partial charge in [0.2, 0.25) is 0 Å². The molecule has 0 aliphatic carbocycles. The SMILES string of the molecule is C/C=C(\C=C(\C)C=C(C)CC)[C@@H](CC(=O)O)c1ccc(F)c(C)c1. The van der Waals surface area contributed by atoms with Crippen molar-refractivity contribution in [2.45, 2.75) is 53.4 Å². The molecule has 2 nitrogen and oxygen atoms in total. The summed E-state index contributed by atoms with van der Waals surface area (Å²) in [7, 11) is 0. The number of allylic oxidation sites excluding steroid dienone is 6. The zero-order chi connectivity index (χ0) is 18.3. The maximum Gasteiger partial charge on any atom is 0.304 e. The minimum Gasteiger partial charge on any atom is -0.481 e. The lowest BCUT2D eigenvalue weighted by Crippen LogP contribution is -2.09. The Morgan fingerprint density at radius 1 is 1.29 bits per heavy atom. The molecule has 1 rings (SSSR count). The Balaban J connectivity index is 3.29. The second kappa shape index (κ2) is 9.21. The van der Waals surface area contributed by atoms with Gasteiger partial charge in [-0.05, 0) is 56.9 Å². The first-order chi connectivity index (χ1) is 11.3. The van der Waals surface area contributed by atoms with Gasteiger partial charge in [0.25, 0.3) is 0 Å². The first kappa shape index (κ1) is 19.9. The summed E-state index contributed by atoms with van der Waals surface area (Å²) >= 11 is 0. The highest BCUT2D eigenvalue weighted by Gasteiger charge is 2.19. The molecule has 0 bridgehead atoms. The Morgan fingerprint density at radius 3 is 2.46 bits per heavy atom. The summed E-state index contributed by atoms with van der Waals surface area (Å²) in [5, 5.41) is 9.30. The zero-order valence-corrected chi connectivity index (χ0v) is 15.2. The van der Waals surface area contributed by atoms with Crippen molar-refractivity contribution in [2.24, 2.45) is 0 Å². The lowest BCUT2D eigenvalue weighted by Gasteiger charge is -2.18. The van der Waals surface area contributed by atoms with Gasteiger partial charge in [0, 0.05) is 5.92 Å². The summed E-state index contributed by atoms with van der Waals surface area (Å²) in [5.74, 6) is -1.44. The molecule has 0 saturated heterocycles. The van der Waals surface area contributed by atoms with Crippen LogP contribution < -0.4 is 0 Å². The van der Waals surface area contributed by atoms with Crippen molar-refractivity contribution in [3.63, 3.8) is 0 Å². The molecule has 0 amide bonds. The van der Waals surface area contributed by atoms with Gasteiger partial charge >= 0.3 is 5.97 Å². The minimum atomic E-state index is -0.868. The van der Waals surface area contributed by atoms with Gasteiger partial charge in [0.1, 0.15) is 5.82 Å². The van der Waals surface area contributed by atoms with Gasteiger partial charge in [0.05, 0.1) is 6.42 Å². The summed E-state index contributed by atoms with van der Waals surface area (Å²) in [6.07, 6.45) is 7.02. The summed E-state index contributed by atoms with van der Waals surface area (Å²) in [6, 6.07) is 4.82. The van der Waals surface area contributed by atoms with Crippen LogP contribution in [0.5, 0.6) is 0 Å². The predicted molar refractivity (Wildman–Crippen MR) is 97.7 cm³/mol. The van der Waals surface area contributed by atoms with Crippen LogP contribution in [-0.2, 0) is 4.79 Å².